The van der Waals surface area contributed by atoms with Crippen molar-refractivity contribution in [2.24, 2.45) is 16.5 Å². The first-order chi connectivity index (χ1) is 8.20. The van der Waals surface area contributed by atoms with Crippen molar-refractivity contribution < 1.29 is 0 Å². The van der Waals surface area contributed by atoms with Crippen LogP contribution < -0.4 is 16.8 Å². The van der Waals surface area contributed by atoms with Crippen LogP contribution in [-0.4, -0.2) is 12.4 Å². The number of nitrogens with one attached hydrogen (secondary N) is 1. The lowest BCUT2D eigenvalue weighted by molar-refractivity contribution is 0.999. The predicted octanol–water partition coefficient (Wildman–Crippen LogP) is 1.44. The van der Waals surface area contributed by atoms with E-state index in [1.807, 2.05) is 24.3 Å². The van der Waals surface area contributed by atoms with Crippen LogP contribution in [0.1, 0.15) is 5.56 Å². The number of amidine groups is 1. The van der Waals surface area contributed by atoms with Gasteiger partial charge in [-0.05, 0) is 23.8 Å². The van der Waals surface area contributed by atoms with Crippen molar-refractivity contribution in [2.75, 3.05) is 6.54 Å². The van der Waals surface area contributed by atoms with E-state index < -0.39 is 0 Å². The Morgan fingerprint density at radius 2 is 2.24 bits per heavy atom. The fourth-order valence-electron chi connectivity index (χ4n) is 1.59. The SMILES string of the molecule is NC/C(=C1/N=C(N)C=CN1)c1cccc(Cl)c1. The molecule has 0 atom stereocenters. The lowest BCUT2D eigenvalue weighted by Crippen LogP contribution is -2.20. The number of rotatable bonds is 2. The lowest BCUT2D eigenvalue weighted by Gasteiger charge is -2.14. The van der Waals surface area contributed by atoms with Gasteiger partial charge in [0.2, 0.25) is 0 Å². The molecule has 0 unspecified atom stereocenters. The van der Waals surface area contributed by atoms with Crippen molar-refractivity contribution in [1.82, 2.24) is 5.32 Å². The summed E-state index contributed by atoms with van der Waals surface area (Å²) in [6.45, 7) is 0.354. The summed E-state index contributed by atoms with van der Waals surface area (Å²) in [6.07, 6.45) is 3.42. The van der Waals surface area contributed by atoms with E-state index in [0.29, 0.717) is 23.2 Å². The summed E-state index contributed by atoms with van der Waals surface area (Å²) in [7, 11) is 0. The topological polar surface area (TPSA) is 76.4 Å². The van der Waals surface area contributed by atoms with Gasteiger partial charge < -0.3 is 16.8 Å². The molecular formula is C12H13ClN4. The van der Waals surface area contributed by atoms with Crippen molar-refractivity contribution >= 4 is 23.0 Å². The van der Waals surface area contributed by atoms with Crippen molar-refractivity contribution in [3.63, 3.8) is 0 Å². The van der Waals surface area contributed by atoms with Crippen LogP contribution in [0, 0.1) is 0 Å². The third-order valence-corrected chi connectivity index (χ3v) is 2.61. The van der Waals surface area contributed by atoms with Crippen LogP contribution in [0.5, 0.6) is 0 Å². The second kappa shape index (κ2) is 5.03. The highest BCUT2D eigenvalue weighted by molar-refractivity contribution is 6.30. The first-order valence-corrected chi connectivity index (χ1v) is 5.55. The lowest BCUT2D eigenvalue weighted by atomic mass is 10.1. The maximum Gasteiger partial charge on any atom is 0.137 e. The van der Waals surface area contributed by atoms with Gasteiger partial charge in [0.05, 0.1) is 0 Å². The molecular weight excluding hydrogens is 236 g/mol. The van der Waals surface area contributed by atoms with Crippen LogP contribution in [-0.2, 0) is 0 Å². The number of hydrogen-bond acceptors (Lipinski definition) is 4. The van der Waals surface area contributed by atoms with Gasteiger partial charge in [0.25, 0.3) is 0 Å². The summed E-state index contributed by atoms with van der Waals surface area (Å²) >= 11 is 5.96. The highest BCUT2D eigenvalue weighted by Gasteiger charge is 2.09. The number of hydrogen-bond donors (Lipinski definition) is 3. The number of nitrogens with two attached hydrogens (primary N) is 2. The zero-order chi connectivity index (χ0) is 12.3. The fraction of sp³-hybridized carbons (Fsp3) is 0.0833. The van der Waals surface area contributed by atoms with Gasteiger partial charge in [-0.2, -0.15) is 0 Å². The zero-order valence-corrected chi connectivity index (χ0v) is 9.91. The molecule has 1 aliphatic heterocycles. The quantitative estimate of drug-likeness (QED) is 0.741. The highest BCUT2D eigenvalue weighted by Crippen LogP contribution is 2.21. The van der Waals surface area contributed by atoms with Gasteiger partial charge in [-0.15, -0.1) is 0 Å². The number of halogens is 1. The Labute approximate surface area is 105 Å². The van der Waals surface area contributed by atoms with Crippen LogP contribution in [0.4, 0.5) is 0 Å². The molecule has 88 valence electrons. The van der Waals surface area contributed by atoms with Crippen molar-refractivity contribution in [3.8, 4) is 0 Å². The summed E-state index contributed by atoms with van der Waals surface area (Å²) in [4.78, 5) is 4.21. The minimum absolute atomic E-state index is 0.354. The Kier molecular flexibility index (Phi) is 3.46. The molecule has 0 fully saturated rings. The fourth-order valence-corrected chi connectivity index (χ4v) is 1.78. The molecule has 1 aromatic rings. The van der Waals surface area contributed by atoms with Crippen LogP contribution in [0.25, 0.3) is 5.57 Å². The van der Waals surface area contributed by atoms with E-state index in [9.17, 15) is 0 Å². The van der Waals surface area contributed by atoms with E-state index in [0.717, 1.165) is 11.1 Å². The molecule has 2 rings (SSSR count). The molecule has 0 aliphatic carbocycles. The van der Waals surface area contributed by atoms with Crippen LogP contribution in [0.2, 0.25) is 5.02 Å². The number of aliphatic imine (C=N–C) groups is 1. The van der Waals surface area contributed by atoms with Crippen molar-refractivity contribution in [1.29, 1.82) is 0 Å². The Hall–Kier alpha value is -1.78. The molecule has 0 aromatic heterocycles. The van der Waals surface area contributed by atoms with Crippen molar-refractivity contribution in [2.45, 2.75) is 0 Å². The Bertz CT molecular complexity index is 517. The second-order valence-electron chi connectivity index (χ2n) is 3.56. The van der Waals surface area contributed by atoms with Gasteiger partial charge in [0.15, 0.2) is 0 Å². The van der Waals surface area contributed by atoms with E-state index >= 15 is 0 Å². The first-order valence-electron chi connectivity index (χ1n) is 5.17. The third kappa shape index (κ3) is 2.67. The molecule has 0 amide bonds. The summed E-state index contributed by atoms with van der Waals surface area (Å²) < 4.78 is 0. The van der Waals surface area contributed by atoms with E-state index in [2.05, 4.69) is 10.3 Å². The molecule has 1 heterocycles. The van der Waals surface area contributed by atoms with Gasteiger partial charge >= 0.3 is 0 Å². The van der Waals surface area contributed by atoms with Gasteiger partial charge in [-0.3, -0.25) is 0 Å². The van der Waals surface area contributed by atoms with Crippen molar-refractivity contribution in [3.05, 3.63) is 52.9 Å². The minimum Gasteiger partial charge on any atom is -0.384 e. The summed E-state index contributed by atoms with van der Waals surface area (Å²) in [5, 5.41) is 3.69. The van der Waals surface area contributed by atoms with Crippen LogP contribution in [0.15, 0.2) is 47.4 Å². The van der Waals surface area contributed by atoms with Gasteiger partial charge in [0, 0.05) is 23.3 Å². The summed E-state index contributed by atoms with van der Waals surface area (Å²) in [5.74, 6) is 1.11. The zero-order valence-electron chi connectivity index (χ0n) is 9.15. The van der Waals surface area contributed by atoms with E-state index in [-0.39, 0.29) is 0 Å². The standard InChI is InChI=1S/C12H13ClN4/c13-9-3-1-2-8(6-9)10(7-14)12-16-5-4-11(15)17-12/h1-6,16H,7,14H2,(H2,15,17)/b12-10-. The number of benzene rings is 1. The molecule has 0 bridgehead atoms. The maximum absolute atomic E-state index is 5.96. The molecule has 5 heteroatoms. The number of nitrogens with zero attached hydrogens (tertiary/aromatic N) is 1. The van der Waals surface area contributed by atoms with E-state index in [1.165, 1.54) is 0 Å². The molecule has 0 saturated carbocycles. The van der Waals surface area contributed by atoms with Gasteiger partial charge in [-0.25, -0.2) is 4.99 Å². The minimum atomic E-state index is 0.354. The highest BCUT2D eigenvalue weighted by atomic mass is 35.5. The van der Waals surface area contributed by atoms with Gasteiger partial charge in [0.1, 0.15) is 11.7 Å². The smallest absolute Gasteiger partial charge is 0.137 e. The predicted molar refractivity (Wildman–Crippen MR) is 71.3 cm³/mol. The summed E-state index contributed by atoms with van der Waals surface area (Å²) in [5.41, 5.74) is 13.2. The molecule has 5 N–H and O–H groups in total. The van der Waals surface area contributed by atoms with Crippen LogP contribution >= 0.6 is 11.6 Å². The average molecular weight is 249 g/mol. The maximum atomic E-state index is 5.96. The molecule has 1 aliphatic rings. The van der Waals surface area contributed by atoms with Crippen LogP contribution in [0.3, 0.4) is 0 Å². The molecule has 4 nitrogen and oxygen atoms in total. The molecule has 17 heavy (non-hydrogen) atoms. The Morgan fingerprint density at radius 1 is 1.41 bits per heavy atom. The molecule has 1 aromatic carbocycles. The van der Waals surface area contributed by atoms with Gasteiger partial charge in [-0.1, -0.05) is 23.7 Å². The Balaban J connectivity index is 2.47. The third-order valence-electron chi connectivity index (χ3n) is 2.38. The van der Waals surface area contributed by atoms with E-state index in [1.54, 1.807) is 12.3 Å². The second-order valence-corrected chi connectivity index (χ2v) is 3.99. The summed E-state index contributed by atoms with van der Waals surface area (Å²) in [6, 6.07) is 7.48. The molecule has 0 spiro atoms. The Morgan fingerprint density at radius 3 is 2.88 bits per heavy atom. The van der Waals surface area contributed by atoms with E-state index in [4.69, 9.17) is 23.1 Å². The molecule has 0 saturated heterocycles. The molecule has 0 radical (unpaired) electrons. The normalized spacial score (nSPS) is 17.4. The first kappa shape index (κ1) is 11.7. The average Bonchev–Trinajstić information content (AvgIpc) is 2.30. The largest absolute Gasteiger partial charge is 0.384 e. The monoisotopic (exact) mass is 248 g/mol.